The van der Waals surface area contributed by atoms with Crippen LogP contribution in [-0.4, -0.2) is 29.2 Å². The first-order valence-corrected chi connectivity index (χ1v) is 6.01. The van der Waals surface area contributed by atoms with E-state index in [2.05, 4.69) is 29.1 Å². The molecule has 5 heteroatoms. The molecule has 5 nitrogen and oxygen atoms in total. The summed E-state index contributed by atoms with van der Waals surface area (Å²) in [5.74, 6) is 1.88. The van der Waals surface area contributed by atoms with Crippen molar-refractivity contribution in [3.05, 3.63) is 11.9 Å². The fraction of sp³-hybridized carbons (Fsp3) is 0.667. The fourth-order valence-electron chi connectivity index (χ4n) is 1.54. The lowest BCUT2D eigenvalue weighted by Gasteiger charge is -2.22. The number of hydrogen-bond acceptors (Lipinski definition) is 5. The second kappa shape index (κ2) is 6.39. The topological polar surface area (TPSA) is 73.1 Å². The summed E-state index contributed by atoms with van der Waals surface area (Å²) in [6.45, 7) is 9.31. The minimum Gasteiger partial charge on any atom is -0.478 e. The first-order valence-electron chi connectivity index (χ1n) is 6.01. The second-order valence-corrected chi connectivity index (χ2v) is 4.32. The molecular weight excluding hydrogens is 216 g/mol. The summed E-state index contributed by atoms with van der Waals surface area (Å²) in [7, 11) is 0. The van der Waals surface area contributed by atoms with Crippen molar-refractivity contribution in [2.75, 3.05) is 18.5 Å². The van der Waals surface area contributed by atoms with Crippen molar-refractivity contribution in [2.45, 2.75) is 33.7 Å². The van der Waals surface area contributed by atoms with Crippen LogP contribution in [0.5, 0.6) is 5.88 Å². The molecule has 0 aliphatic carbocycles. The molecule has 96 valence electrons. The molecule has 0 amide bonds. The van der Waals surface area contributed by atoms with E-state index in [1.165, 1.54) is 6.33 Å². The van der Waals surface area contributed by atoms with E-state index < -0.39 is 0 Å². The van der Waals surface area contributed by atoms with E-state index in [1.54, 1.807) is 0 Å². The Bertz CT molecular complexity index is 354. The van der Waals surface area contributed by atoms with Crippen molar-refractivity contribution in [3.8, 4) is 5.88 Å². The molecule has 0 saturated heterocycles. The third kappa shape index (κ3) is 3.56. The summed E-state index contributed by atoms with van der Waals surface area (Å²) < 4.78 is 5.43. The third-order valence-electron chi connectivity index (χ3n) is 2.70. The lowest BCUT2D eigenvalue weighted by molar-refractivity contribution is 0.323. The van der Waals surface area contributed by atoms with Crippen molar-refractivity contribution >= 4 is 5.82 Å². The molecule has 0 radical (unpaired) electrons. The van der Waals surface area contributed by atoms with Gasteiger partial charge in [0.2, 0.25) is 5.88 Å². The van der Waals surface area contributed by atoms with Gasteiger partial charge in [-0.25, -0.2) is 9.97 Å². The maximum atomic E-state index is 5.73. The summed E-state index contributed by atoms with van der Waals surface area (Å²) in [6, 6.07) is 0.207. The van der Waals surface area contributed by atoms with Crippen LogP contribution in [0, 0.1) is 12.8 Å². The van der Waals surface area contributed by atoms with Gasteiger partial charge in [-0.15, -0.1) is 0 Å². The minimum atomic E-state index is 0.207. The van der Waals surface area contributed by atoms with Gasteiger partial charge in [0.1, 0.15) is 12.1 Å². The molecule has 0 fully saturated rings. The number of nitrogens with one attached hydrogen (secondary N) is 1. The Balaban J connectivity index is 2.87. The standard InChI is InChI=1S/C12H22N4O/c1-5-17-12-9(4)11(14-7-15-12)16-10(6-13)8(2)3/h7-8,10H,5-6,13H2,1-4H3,(H,14,15,16). The quantitative estimate of drug-likeness (QED) is 0.787. The molecule has 1 heterocycles. The van der Waals surface area contributed by atoms with Gasteiger partial charge in [0.15, 0.2) is 0 Å². The number of rotatable bonds is 6. The van der Waals surface area contributed by atoms with Crippen LogP contribution in [0.15, 0.2) is 6.33 Å². The molecule has 1 rings (SSSR count). The van der Waals surface area contributed by atoms with E-state index in [1.807, 2.05) is 13.8 Å². The Morgan fingerprint density at radius 1 is 1.41 bits per heavy atom. The summed E-state index contributed by atoms with van der Waals surface area (Å²) >= 11 is 0. The van der Waals surface area contributed by atoms with Crippen LogP contribution in [-0.2, 0) is 0 Å². The van der Waals surface area contributed by atoms with Crippen molar-refractivity contribution in [3.63, 3.8) is 0 Å². The van der Waals surface area contributed by atoms with Gasteiger partial charge in [-0.3, -0.25) is 0 Å². The highest BCUT2D eigenvalue weighted by molar-refractivity contribution is 5.48. The van der Waals surface area contributed by atoms with E-state index in [4.69, 9.17) is 10.5 Å². The number of ether oxygens (including phenoxy) is 1. The van der Waals surface area contributed by atoms with Gasteiger partial charge >= 0.3 is 0 Å². The van der Waals surface area contributed by atoms with E-state index in [0.717, 1.165) is 11.4 Å². The summed E-state index contributed by atoms with van der Waals surface area (Å²) in [6.07, 6.45) is 1.51. The molecule has 1 aromatic heterocycles. The Hall–Kier alpha value is -1.36. The Kier molecular flexibility index (Phi) is 5.15. The first-order chi connectivity index (χ1) is 8.10. The predicted octanol–water partition coefficient (Wildman–Crippen LogP) is 1.58. The molecule has 0 bridgehead atoms. The zero-order valence-electron chi connectivity index (χ0n) is 11.0. The largest absolute Gasteiger partial charge is 0.478 e. The lowest BCUT2D eigenvalue weighted by Crippen LogP contribution is -2.34. The molecule has 3 N–H and O–H groups in total. The Morgan fingerprint density at radius 2 is 2.12 bits per heavy atom. The normalized spacial score (nSPS) is 12.6. The molecule has 0 aliphatic heterocycles. The average molecular weight is 238 g/mol. The lowest BCUT2D eigenvalue weighted by atomic mass is 10.0. The highest BCUT2D eigenvalue weighted by Crippen LogP contribution is 2.21. The van der Waals surface area contributed by atoms with Crippen LogP contribution >= 0.6 is 0 Å². The number of nitrogens with two attached hydrogens (primary N) is 1. The second-order valence-electron chi connectivity index (χ2n) is 4.32. The fourth-order valence-corrected chi connectivity index (χ4v) is 1.54. The van der Waals surface area contributed by atoms with Gasteiger partial charge in [-0.2, -0.15) is 0 Å². The maximum absolute atomic E-state index is 5.73. The van der Waals surface area contributed by atoms with Crippen LogP contribution in [0.25, 0.3) is 0 Å². The molecular formula is C12H22N4O. The Labute approximate surface area is 103 Å². The van der Waals surface area contributed by atoms with Crippen LogP contribution in [0.2, 0.25) is 0 Å². The molecule has 0 spiro atoms. The van der Waals surface area contributed by atoms with E-state index in [0.29, 0.717) is 24.9 Å². The monoisotopic (exact) mass is 238 g/mol. The molecule has 0 aliphatic rings. The van der Waals surface area contributed by atoms with Gasteiger partial charge in [0, 0.05) is 12.6 Å². The van der Waals surface area contributed by atoms with Crippen LogP contribution < -0.4 is 15.8 Å². The van der Waals surface area contributed by atoms with E-state index in [9.17, 15) is 0 Å². The van der Waals surface area contributed by atoms with Crippen LogP contribution in [0.1, 0.15) is 26.3 Å². The number of nitrogens with zero attached hydrogens (tertiary/aromatic N) is 2. The molecule has 1 aromatic rings. The van der Waals surface area contributed by atoms with Gasteiger partial charge in [0.25, 0.3) is 0 Å². The number of hydrogen-bond donors (Lipinski definition) is 2. The van der Waals surface area contributed by atoms with Crippen molar-refractivity contribution in [1.29, 1.82) is 0 Å². The summed E-state index contributed by atoms with van der Waals surface area (Å²) in [4.78, 5) is 8.34. The molecule has 1 atom stereocenters. The van der Waals surface area contributed by atoms with Gasteiger partial charge in [-0.05, 0) is 19.8 Å². The van der Waals surface area contributed by atoms with Gasteiger partial charge in [0.05, 0.1) is 12.2 Å². The molecule has 0 aromatic carbocycles. The smallest absolute Gasteiger partial charge is 0.221 e. The Morgan fingerprint density at radius 3 is 2.65 bits per heavy atom. The summed E-state index contributed by atoms with van der Waals surface area (Å²) in [5, 5.41) is 3.34. The van der Waals surface area contributed by atoms with Crippen LogP contribution in [0.3, 0.4) is 0 Å². The predicted molar refractivity (Wildman–Crippen MR) is 69.2 cm³/mol. The first kappa shape index (κ1) is 13.7. The van der Waals surface area contributed by atoms with Gasteiger partial charge < -0.3 is 15.8 Å². The van der Waals surface area contributed by atoms with E-state index >= 15 is 0 Å². The van der Waals surface area contributed by atoms with Crippen molar-refractivity contribution < 1.29 is 4.74 Å². The third-order valence-corrected chi connectivity index (χ3v) is 2.70. The zero-order valence-corrected chi connectivity index (χ0v) is 11.0. The number of aromatic nitrogens is 2. The van der Waals surface area contributed by atoms with Crippen molar-refractivity contribution in [2.24, 2.45) is 11.7 Å². The molecule has 17 heavy (non-hydrogen) atoms. The maximum Gasteiger partial charge on any atom is 0.221 e. The molecule has 1 unspecified atom stereocenters. The van der Waals surface area contributed by atoms with Crippen LogP contribution in [0.4, 0.5) is 5.82 Å². The summed E-state index contributed by atoms with van der Waals surface area (Å²) in [5.41, 5.74) is 6.66. The number of anilines is 1. The highest BCUT2D eigenvalue weighted by atomic mass is 16.5. The van der Waals surface area contributed by atoms with Gasteiger partial charge in [-0.1, -0.05) is 13.8 Å². The highest BCUT2D eigenvalue weighted by Gasteiger charge is 2.14. The van der Waals surface area contributed by atoms with Crippen molar-refractivity contribution in [1.82, 2.24) is 9.97 Å². The zero-order chi connectivity index (χ0) is 12.8. The average Bonchev–Trinajstić information content (AvgIpc) is 2.30. The minimum absolute atomic E-state index is 0.207. The SMILES string of the molecule is CCOc1ncnc(NC(CN)C(C)C)c1C. The molecule has 0 saturated carbocycles. The van der Waals surface area contributed by atoms with E-state index in [-0.39, 0.29) is 6.04 Å².